The van der Waals surface area contributed by atoms with Crippen molar-refractivity contribution in [2.24, 2.45) is 0 Å². The summed E-state index contributed by atoms with van der Waals surface area (Å²) in [7, 11) is 6.80. The highest BCUT2D eigenvalue weighted by Crippen LogP contribution is 2.42. The largest absolute Gasteiger partial charge is 0.497 e. The van der Waals surface area contributed by atoms with Crippen molar-refractivity contribution in [1.82, 2.24) is 0 Å². The lowest BCUT2D eigenvalue weighted by Crippen LogP contribution is -2.33. The van der Waals surface area contributed by atoms with Gasteiger partial charge in [-0.2, -0.15) is 4.58 Å². The van der Waals surface area contributed by atoms with E-state index in [1.54, 1.807) is 28.4 Å². The number of fused-ring (bicyclic) bond motifs is 2. The third-order valence-electron chi connectivity index (χ3n) is 6.15. The van der Waals surface area contributed by atoms with Crippen LogP contribution in [0.4, 0.5) is 5.69 Å². The molecule has 1 atom stereocenters. The highest BCUT2D eigenvalue weighted by atomic mass is 16.5. The standard InChI is InChI=1S/C26H30NO4/c1-15-10-20-21(8-9-22(29-5)26(20)23(11-15)30-6)27-16(2)12-18-13-19(28-4)14-24(31-7)25(18)17(27)3/h8-11,13-14,16H,12H2,1-7H3/q+1/t16-/m0/s1. The first-order valence-electron chi connectivity index (χ1n) is 10.5. The first-order valence-corrected chi connectivity index (χ1v) is 10.5. The molecule has 0 saturated heterocycles. The lowest BCUT2D eigenvalue weighted by Gasteiger charge is -2.25. The van der Waals surface area contributed by atoms with E-state index in [-0.39, 0.29) is 6.04 Å². The first kappa shape index (κ1) is 21.0. The monoisotopic (exact) mass is 420 g/mol. The van der Waals surface area contributed by atoms with Gasteiger partial charge in [-0.3, -0.25) is 0 Å². The Bertz CT molecular complexity index is 1200. The molecular weight excluding hydrogens is 390 g/mol. The fraction of sp³-hybridized carbons (Fsp3) is 0.346. The Hall–Kier alpha value is -3.21. The van der Waals surface area contributed by atoms with E-state index in [1.165, 1.54) is 5.56 Å². The number of ether oxygens (including phenoxy) is 4. The third-order valence-corrected chi connectivity index (χ3v) is 6.15. The maximum Gasteiger partial charge on any atom is 0.213 e. The third kappa shape index (κ3) is 3.38. The summed E-state index contributed by atoms with van der Waals surface area (Å²) in [5, 5.41) is 2.10. The maximum atomic E-state index is 5.76. The van der Waals surface area contributed by atoms with Crippen molar-refractivity contribution in [2.75, 3.05) is 28.4 Å². The summed E-state index contributed by atoms with van der Waals surface area (Å²) in [6.07, 6.45) is 0.886. The lowest BCUT2D eigenvalue weighted by molar-refractivity contribution is -0.480. The molecule has 0 spiro atoms. The number of hydrogen-bond acceptors (Lipinski definition) is 4. The van der Waals surface area contributed by atoms with Gasteiger partial charge in [-0.25, -0.2) is 0 Å². The number of benzene rings is 3. The van der Waals surface area contributed by atoms with Crippen LogP contribution in [0.3, 0.4) is 0 Å². The molecule has 1 aliphatic heterocycles. The topological polar surface area (TPSA) is 39.9 Å². The predicted molar refractivity (Wildman–Crippen MR) is 124 cm³/mol. The highest BCUT2D eigenvalue weighted by molar-refractivity contribution is 6.04. The molecule has 5 heteroatoms. The molecule has 3 aromatic rings. The summed E-state index contributed by atoms with van der Waals surface area (Å²) in [5.74, 6) is 3.27. The van der Waals surface area contributed by atoms with Crippen LogP contribution in [-0.4, -0.2) is 44.8 Å². The smallest absolute Gasteiger partial charge is 0.213 e. The maximum absolute atomic E-state index is 5.76. The van der Waals surface area contributed by atoms with Crippen LogP contribution in [0.1, 0.15) is 30.5 Å². The quantitative estimate of drug-likeness (QED) is 0.527. The molecule has 0 aromatic heterocycles. The Morgan fingerprint density at radius 3 is 2.16 bits per heavy atom. The molecule has 0 unspecified atom stereocenters. The lowest BCUT2D eigenvalue weighted by atomic mass is 9.91. The normalized spacial score (nSPS) is 15.6. The number of methoxy groups -OCH3 is 4. The molecular formula is C26H30NO4+. The van der Waals surface area contributed by atoms with E-state index in [1.807, 2.05) is 12.1 Å². The van der Waals surface area contributed by atoms with E-state index in [0.717, 1.165) is 62.7 Å². The van der Waals surface area contributed by atoms with Gasteiger partial charge >= 0.3 is 0 Å². The van der Waals surface area contributed by atoms with Gasteiger partial charge < -0.3 is 18.9 Å². The number of rotatable bonds is 5. The van der Waals surface area contributed by atoms with Gasteiger partial charge in [-0.1, -0.05) is 0 Å². The van der Waals surface area contributed by atoms with Crippen molar-refractivity contribution < 1.29 is 23.5 Å². The molecule has 0 amide bonds. The van der Waals surface area contributed by atoms with Crippen molar-refractivity contribution in [3.05, 3.63) is 53.1 Å². The molecule has 31 heavy (non-hydrogen) atoms. The molecule has 1 aliphatic rings. The van der Waals surface area contributed by atoms with Crippen molar-refractivity contribution in [2.45, 2.75) is 33.2 Å². The van der Waals surface area contributed by atoms with E-state index in [2.05, 4.69) is 49.6 Å². The minimum absolute atomic E-state index is 0.257. The van der Waals surface area contributed by atoms with Gasteiger partial charge in [-0.05, 0) is 49.2 Å². The Kier molecular flexibility index (Phi) is 5.52. The van der Waals surface area contributed by atoms with Crippen LogP contribution in [0.2, 0.25) is 0 Å². The first-order chi connectivity index (χ1) is 14.9. The average molecular weight is 421 g/mol. The predicted octanol–water partition coefficient (Wildman–Crippen LogP) is 5.28. The van der Waals surface area contributed by atoms with Crippen molar-refractivity contribution >= 4 is 22.2 Å². The molecule has 0 fully saturated rings. The van der Waals surface area contributed by atoms with Gasteiger partial charge in [0, 0.05) is 25.5 Å². The fourth-order valence-electron chi connectivity index (χ4n) is 4.85. The van der Waals surface area contributed by atoms with Crippen LogP contribution in [0.25, 0.3) is 10.8 Å². The zero-order valence-corrected chi connectivity index (χ0v) is 19.3. The summed E-state index contributed by atoms with van der Waals surface area (Å²) in [4.78, 5) is 0. The van der Waals surface area contributed by atoms with E-state index in [9.17, 15) is 0 Å². The van der Waals surface area contributed by atoms with Gasteiger partial charge in [0.25, 0.3) is 0 Å². The molecule has 3 aromatic carbocycles. The van der Waals surface area contributed by atoms with Crippen molar-refractivity contribution in [1.29, 1.82) is 0 Å². The fourth-order valence-corrected chi connectivity index (χ4v) is 4.85. The Morgan fingerprint density at radius 2 is 1.52 bits per heavy atom. The second-order valence-corrected chi connectivity index (χ2v) is 8.05. The molecule has 5 nitrogen and oxygen atoms in total. The second kappa shape index (κ2) is 8.14. The molecule has 0 aliphatic carbocycles. The molecule has 0 N–H and O–H groups in total. The van der Waals surface area contributed by atoms with Gasteiger partial charge in [-0.15, -0.1) is 0 Å². The van der Waals surface area contributed by atoms with Crippen LogP contribution in [0.15, 0.2) is 36.4 Å². The summed E-state index contributed by atoms with van der Waals surface area (Å²) in [6, 6.07) is 12.8. The molecule has 1 heterocycles. The summed E-state index contributed by atoms with van der Waals surface area (Å²) in [5.41, 5.74) is 5.80. The number of nitrogens with zero attached hydrogens (tertiary/aromatic N) is 1. The molecule has 0 bridgehead atoms. The SMILES string of the molecule is COc1cc2c(c(OC)c1)C(C)=[N+](c1ccc(OC)c3c(OC)cc(C)cc13)[C@@H](C)C2. The van der Waals surface area contributed by atoms with Crippen LogP contribution in [0.5, 0.6) is 23.0 Å². The van der Waals surface area contributed by atoms with Crippen molar-refractivity contribution in [3.8, 4) is 23.0 Å². The van der Waals surface area contributed by atoms with Gasteiger partial charge in [0.2, 0.25) is 5.69 Å². The average Bonchev–Trinajstić information content (AvgIpc) is 2.77. The van der Waals surface area contributed by atoms with Crippen LogP contribution >= 0.6 is 0 Å². The molecule has 162 valence electrons. The van der Waals surface area contributed by atoms with E-state index >= 15 is 0 Å². The van der Waals surface area contributed by atoms with Crippen LogP contribution < -0.4 is 18.9 Å². The minimum atomic E-state index is 0.257. The van der Waals surface area contributed by atoms with Crippen molar-refractivity contribution in [3.63, 3.8) is 0 Å². The van der Waals surface area contributed by atoms with E-state index < -0.39 is 0 Å². The highest BCUT2D eigenvalue weighted by Gasteiger charge is 2.34. The molecule has 4 rings (SSSR count). The van der Waals surface area contributed by atoms with Crippen LogP contribution in [-0.2, 0) is 6.42 Å². The van der Waals surface area contributed by atoms with Gasteiger partial charge in [0.05, 0.1) is 44.8 Å². The Labute approximate surface area is 183 Å². The summed E-state index contributed by atoms with van der Waals surface area (Å²) >= 11 is 0. The van der Waals surface area contributed by atoms with E-state index in [0.29, 0.717) is 0 Å². The Balaban J connectivity index is 2.06. The second-order valence-electron chi connectivity index (χ2n) is 8.05. The van der Waals surface area contributed by atoms with Crippen LogP contribution in [0, 0.1) is 6.92 Å². The molecule has 0 radical (unpaired) electrons. The number of hydrogen-bond donors (Lipinski definition) is 0. The van der Waals surface area contributed by atoms with E-state index in [4.69, 9.17) is 18.9 Å². The zero-order valence-electron chi connectivity index (χ0n) is 19.3. The van der Waals surface area contributed by atoms with Gasteiger partial charge in [0.15, 0.2) is 11.8 Å². The minimum Gasteiger partial charge on any atom is -0.497 e. The Morgan fingerprint density at radius 1 is 0.806 bits per heavy atom. The van der Waals surface area contributed by atoms with Gasteiger partial charge in [0.1, 0.15) is 23.0 Å². The summed E-state index contributed by atoms with van der Waals surface area (Å²) in [6.45, 7) is 6.50. The number of aryl methyl sites for hydroxylation is 1. The summed E-state index contributed by atoms with van der Waals surface area (Å²) < 4.78 is 25.1. The molecule has 0 saturated carbocycles. The zero-order chi connectivity index (χ0) is 22.3.